The lowest BCUT2D eigenvalue weighted by molar-refractivity contribution is -0.139. The van der Waals surface area contributed by atoms with Crippen molar-refractivity contribution >= 4 is 24.4 Å². The number of carboxylic acids is 1. The third-order valence-corrected chi connectivity index (χ3v) is 6.82. The number of ether oxygens (including phenoxy) is 6. The first-order chi connectivity index (χ1) is 19.5. The van der Waals surface area contributed by atoms with Crippen LogP contribution < -0.4 is 15.2 Å². The Bertz CT molecular complexity index is 1040. The summed E-state index contributed by atoms with van der Waals surface area (Å²) in [4.78, 5) is 49.1. The van der Waals surface area contributed by atoms with E-state index in [4.69, 9.17) is 34.2 Å². The van der Waals surface area contributed by atoms with E-state index in [1.54, 1.807) is 27.7 Å². The van der Waals surface area contributed by atoms with Crippen LogP contribution in [0.2, 0.25) is 0 Å². The zero-order valence-corrected chi connectivity index (χ0v) is 26.1. The molecule has 0 aliphatic carbocycles. The Kier molecular flexibility index (Phi) is 15.1. The highest BCUT2D eigenvalue weighted by atomic mass is 16.8. The lowest BCUT2D eigenvalue weighted by Gasteiger charge is -2.25. The van der Waals surface area contributed by atoms with Gasteiger partial charge in [0.2, 0.25) is 0 Å². The lowest BCUT2D eigenvalue weighted by Crippen LogP contribution is -2.38. The minimum absolute atomic E-state index is 0.00295. The van der Waals surface area contributed by atoms with Crippen molar-refractivity contribution in [2.75, 3.05) is 0 Å². The van der Waals surface area contributed by atoms with Crippen LogP contribution in [-0.4, -0.2) is 60.0 Å². The number of nitrogens with two attached hydrogens (primary N) is 1. The van der Waals surface area contributed by atoms with E-state index >= 15 is 0 Å². The predicted octanol–water partition coefficient (Wildman–Crippen LogP) is 6.42. The second kappa shape index (κ2) is 17.4. The van der Waals surface area contributed by atoms with Crippen molar-refractivity contribution in [2.24, 2.45) is 17.6 Å². The van der Waals surface area contributed by atoms with Crippen LogP contribution in [0.1, 0.15) is 93.1 Å². The standard InChI is InChI=1S/C30H47NO11/c1-10-11-18(6)37-28(34)38-19(7)14-23(26(31)27(32)33)22-12-13-24(41-29(35)39-20(8)16(2)3)25(15-22)42-30(36)40-21(9)17(4)5/h12-13,15-21,23,26H,10-11,14,31H2,1-9H3,(H,32,33)/t18?,19?,20?,21?,23?,26-/m0/s1. The molecule has 3 N–H and O–H groups in total. The number of carbonyl (C=O) groups excluding carboxylic acids is 3. The molecule has 0 radical (unpaired) electrons. The van der Waals surface area contributed by atoms with E-state index in [0.29, 0.717) is 12.0 Å². The van der Waals surface area contributed by atoms with Gasteiger partial charge in [0, 0.05) is 5.92 Å². The first-order valence-corrected chi connectivity index (χ1v) is 14.3. The first kappa shape index (κ1) is 36.5. The van der Waals surface area contributed by atoms with Gasteiger partial charge in [0.05, 0.1) is 0 Å². The van der Waals surface area contributed by atoms with Crippen LogP contribution >= 0.6 is 0 Å². The van der Waals surface area contributed by atoms with E-state index < -0.39 is 54.7 Å². The van der Waals surface area contributed by atoms with Crippen LogP contribution in [0.4, 0.5) is 14.4 Å². The molecule has 1 aromatic carbocycles. The minimum Gasteiger partial charge on any atom is -0.480 e. The third-order valence-electron chi connectivity index (χ3n) is 6.82. The molecule has 0 saturated heterocycles. The Morgan fingerprint density at radius 2 is 1.24 bits per heavy atom. The van der Waals surface area contributed by atoms with Crippen LogP contribution in [0, 0.1) is 11.8 Å². The summed E-state index contributed by atoms with van der Waals surface area (Å²) in [7, 11) is 0. The molecule has 0 fully saturated rings. The zero-order chi connectivity index (χ0) is 32.1. The summed E-state index contributed by atoms with van der Waals surface area (Å²) >= 11 is 0. The van der Waals surface area contributed by atoms with Gasteiger partial charge in [-0.2, -0.15) is 0 Å². The number of aliphatic carboxylic acids is 1. The Hall–Kier alpha value is -3.54. The lowest BCUT2D eigenvalue weighted by atomic mass is 9.87. The second-order valence-electron chi connectivity index (χ2n) is 11.1. The average molecular weight is 598 g/mol. The summed E-state index contributed by atoms with van der Waals surface area (Å²) in [5.41, 5.74) is 6.36. The van der Waals surface area contributed by atoms with E-state index in [-0.39, 0.29) is 35.9 Å². The van der Waals surface area contributed by atoms with Gasteiger partial charge < -0.3 is 39.3 Å². The molecule has 0 aliphatic heterocycles. The fourth-order valence-corrected chi connectivity index (χ4v) is 3.61. The van der Waals surface area contributed by atoms with E-state index in [1.807, 2.05) is 34.6 Å². The van der Waals surface area contributed by atoms with Gasteiger partial charge in [-0.1, -0.05) is 47.1 Å². The molecule has 0 bridgehead atoms. The summed E-state index contributed by atoms with van der Waals surface area (Å²) in [6.07, 6.45) is -3.53. The highest BCUT2D eigenvalue weighted by Crippen LogP contribution is 2.35. The quantitative estimate of drug-likeness (QED) is 0.129. The number of hydrogen-bond acceptors (Lipinski definition) is 11. The van der Waals surface area contributed by atoms with Crippen molar-refractivity contribution in [1.82, 2.24) is 0 Å². The summed E-state index contributed by atoms with van der Waals surface area (Å²) in [5.74, 6) is -2.55. The van der Waals surface area contributed by atoms with Crippen LogP contribution in [0.15, 0.2) is 18.2 Å². The van der Waals surface area contributed by atoms with E-state index in [9.17, 15) is 24.3 Å². The monoisotopic (exact) mass is 597 g/mol. The first-order valence-electron chi connectivity index (χ1n) is 14.3. The molecular formula is C30H47NO11. The Morgan fingerprint density at radius 1 is 0.738 bits per heavy atom. The highest BCUT2D eigenvalue weighted by molar-refractivity contribution is 5.75. The summed E-state index contributed by atoms with van der Waals surface area (Å²) in [5, 5.41) is 9.71. The zero-order valence-electron chi connectivity index (χ0n) is 26.1. The number of carbonyl (C=O) groups is 4. The van der Waals surface area contributed by atoms with E-state index in [2.05, 4.69) is 0 Å². The molecule has 0 heterocycles. The maximum absolute atomic E-state index is 12.6. The molecule has 0 saturated carbocycles. The van der Waals surface area contributed by atoms with E-state index in [0.717, 1.165) is 6.42 Å². The number of hydrogen-bond donors (Lipinski definition) is 2. The van der Waals surface area contributed by atoms with Gasteiger partial charge in [-0.15, -0.1) is 0 Å². The van der Waals surface area contributed by atoms with Crippen molar-refractivity contribution in [2.45, 2.75) is 118 Å². The van der Waals surface area contributed by atoms with Gasteiger partial charge in [0.15, 0.2) is 11.5 Å². The molecule has 6 atom stereocenters. The van der Waals surface area contributed by atoms with Gasteiger partial charge in [0.25, 0.3) is 0 Å². The van der Waals surface area contributed by atoms with Crippen LogP contribution in [0.25, 0.3) is 0 Å². The average Bonchev–Trinajstić information content (AvgIpc) is 2.87. The van der Waals surface area contributed by atoms with Gasteiger partial charge >= 0.3 is 24.4 Å². The fraction of sp³-hybridized carbons (Fsp3) is 0.667. The Morgan fingerprint density at radius 3 is 1.71 bits per heavy atom. The van der Waals surface area contributed by atoms with Crippen molar-refractivity contribution in [3.63, 3.8) is 0 Å². The fourth-order valence-electron chi connectivity index (χ4n) is 3.61. The predicted molar refractivity (Wildman–Crippen MR) is 154 cm³/mol. The molecule has 0 aromatic heterocycles. The van der Waals surface area contributed by atoms with Crippen molar-refractivity contribution in [1.29, 1.82) is 0 Å². The SMILES string of the molecule is CCCC(C)OC(=O)OC(C)CC(c1ccc(OC(=O)OC(C)C(C)C)c(OC(=O)OC(C)C(C)C)c1)[C@H](N)C(=O)O. The van der Waals surface area contributed by atoms with Gasteiger partial charge in [-0.05, 0) is 70.1 Å². The van der Waals surface area contributed by atoms with Gasteiger partial charge in [0.1, 0.15) is 30.5 Å². The van der Waals surface area contributed by atoms with Crippen LogP contribution in [0.5, 0.6) is 11.5 Å². The molecule has 0 amide bonds. The molecule has 0 aliphatic rings. The van der Waals surface area contributed by atoms with Crippen molar-refractivity contribution in [3.05, 3.63) is 23.8 Å². The third kappa shape index (κ3) is 12.5. The maximum Gasteiger partial charge on any atom is 0.514 e. The smallest absolute Gasteiger partial charge is 0.480 e. The Balaban J connectivity index is 3.34. The molecule has 12 heteroatoms. The molecule has 1 aromatic rings. The molecular weight excluding hydrogens is 550 g/mol. The minimum atomic E-state index is -1.42. The molecule has 238 valence electrons. The summed E-state index contributed by atoms with van der Waals surface area (Å²) in [6.45, 7) is 16.2. The number of carboxylic acid groups (broad SMARTS) is 1. The molecule has 5 unspecified atom stereocenters. The summed E-state index contributed by atoms with van der Waals surface area (Å²) < 4.78 is 31.8. The van der Waals surface area contributed by atoms with Crippen molar-refractivity contribution < 1.29 is 52.7 Å². The molecule has 12 nitrogen and oxygen atoms in total. The van der Waals surface area contributed by atoms with Gasteiger partial charge in [-0.3, -0.25) is 4.79 Å². The molecule has 42 heavy (non-hydrogen) atoms. The topological polar surface area (TPSA) is 170 Å². The number of benzene rings is 1. The normalized spacial score (nSPS) is 15.5. The largest absolute Gasteiger partial charge is 0.514 e. The van der Waals surface area contributed by atoms with Crippen molar-refractivity contribution in [3.8, 4) is 11.5 Å². The maximum atomic E-state index is 12.6. The van der Waals surface area contributed by atoms with Gasteiger partial charge in [-0.25, -0.2) is 14.4 Å². The summed E-state index contributed by atoms with van der Waals surface area (Å²) in [6, 6.07) is 2.72. The highest BCUT2D eigenvalue weighted by Gasteiger charge is 2.31. The molecule has 1 rings (SSSR count). The molecule has 0 spiro atoms. The Labute approximate surface area is 248 Å². The number of rotatable bonds is 15. The van der Waals surface area contributed by atoms with E-state index in [1.165, 1.54) is 18.2 Å². The van der Waals surface area contributed by atoms with Crippen LogP contribution in [-0.2, 0) is 23.7 Å². The van der Waals surface area contributed by atoms with Crippen LogP contribution in [0.3, 0.4) is 0 Å². The second-order valence-corrected chi connectivity index (χ2v) is 11.1.